The van der Waals surface area contributed by atoms with Gasteiger partial charge in [0.2, 0.25) is 5.91 Å². The molecule has 0 unspecified atom stereocenters. The van der Waals surface area contributed by atoms with Crippen LogP contribution in [0.25, 0.3) is 6.08 Å². The normalized spacial score (nSPS) is 16.6. The number of ether oxygens (including phenoxy) is 1. The molecule has 3 heterocycles. The highest BCUT2D eigenvalue weighted by molar-refractivity contribution is 6.33. The molecule has 0 saturated carbocycles. The fourth-order valence-corrected chi connectivity index (χ4v) is 3.97. The molecule has 168 valence electrons. The van der Waals surface area contributed by atoms with Gasteiger partial charge < -0.3 is 14.5 Å². The summed E-state index contributed by atoms with van der Waals surface area (Å²) in [5.41, 5.74) is 0.800. The van der Waals surface area contributed by atoms with Crippen LogP contribution in [0.3, 0.4) is 0 Å². The van der Waals surface area contributed by atoms with Crippen molar-refractivity contribution in [1.82, 2.24) is 9.88 Å². The SMILES string of the molecule is O=C(/C=C/C1=Cc2cc(Cl)ccc2OC1)N1CCN(c2ncc(C(F)(F)F)cc2Cl)CC1. The summed E-state index contributed by atoms with van der Waals surface area (Å²) in [5.74, 6) is 0.864. The molecule has 1 aromatic heterocycles. The van der Waals surface area contributed by atoms with Gasteiger partial charge in [-0.3, -0.25) is 4.79 Å². The molecule has 0 N–H and O–H groups in total. The molecule has 4 rings (SSSR count). The van der Waals surface area contributed by atoms with Gasteiger partial charge in [0.05, 0.1) is 10.6 Å². The molecule has 5 nitrogen and oxygen atoms in total. The predicted molar refractivity (Wildman–Crippen MR) is 117 cm³/mol. The lowest BCUT2D eigenvalue weighted by Gasteiger charge is -2.35. The number of fused-ring (bicyclic) bond motifs is 1. The molecular weight excluding hydrogens is 466 g/mol. The van der Waals surface area contributed by atoms with Crippen molar-refractivity contribution in [2.45, 2.75) is 6.18 Å². The van der Waals surface area contributed by atoms with Gasteiger partial charge in [0.1, 0.15) is 18.2 Å². The summed E-state index contributed by atoms with van der Waals surface area (Å²) in [4.78, 5) is 19.9. The van der Waals surface area contributed by atoms with Crippen molar-refractivity contribution in [3.63, 3.8) is 0 Å². The zero-order valence-corrected chi connectivity index (χ0v) is 18.2. The molecule has 0 aliphatic carbocycles. The number of carbonyl (C=O) groups is 1. The van der Waals surface area contributed by atoms with E-state index in [1.165, 1.54) is 6.08 Å². The van der Waals surface area contributed by atoms with E-state index < -0.39 is 11.7 Å². The first-order valence-corrected chi connectivity index (χ1v) is 10.5. The molecule has 0 spiro atoms. The highest BCUT2D eigenvalue weighted by atomic mass is 35.5. The van der Waals surface area contributed by atoms with E-state index in [4.69, 9.17) is 27.9 Å². The Labute approximate surface area is 192 Å². The van der Waals surface area contributed by atoms with Crippen LogP contribution in [0.2, 0.25) is 10.0 Å². The molecular formula is C22H18Cl2F3N3O2. The molecule has 1 amide bonds. The van der Waals surface area contributed by atoms with Crippen LogP contribution < -0.4 is 9.64 Å². The first-order valence-electron chi connectivity index (χ1n) is 9.78. The quantitative estimate of drug-likeness (QED) is 0.570. The molecule has 0 atom stereocenters. The lowest BCUT2D eigenvalue weighted by Crippen LogP contribution is -2.48. The number of halogens is 5. The Morgan fingerprint density at radius 2 is 1.88 bits per heavy atom. The lowest BCUT2D eigenvalue weighted by molar-refractivity contribution is -0.137. The second kappa shape index (κ2) is 9.03. The average molecular weight is 484 g/mol. The van der Waals surface area contributed by atoms with Crippen LogP contribution >= 0.6 is 23.2 Å². The predicted octanol–water partition coefficient (Wildman–Crippen LogP) is 5.09. The van der Waals surface area contributed by atoms with Crippen molar-refractivity contribution in [2.24, 2.45) is 0 Å². The standard InChI is InChI=1S/C22H18Cl2F3N3O2/c23-17-2-3-19-15(10-17)9-14(13-32-19)1-4-20(31)29-5-7-30(8-6-29)21-18(24)11-16(12-28-21)22(25,26)27/h1-4,9-12H,5-8,13H2/b4-1+. The van der Waals surface area contributed by atoms with E-state index in [1.54, 1.807) is 34.1 Å². The minimum Gasteiger partial charge on any atom is -0.488 e. The van der Waals surface area contributed by atoms with Crippen LogP contribution in [0.15, 0.2) is 48.2 Å². The summed E-state index contributed by atoms with van der Waals surface area (Å²) in [6.45, 7) is 1.97. The average Bonchev–Trinajstić information content (AvgIpc) is 2.76. The second-order valence-corrected chi connectivity index (χ2v) is 8.21. The fourth-order valence-electron chi connectivity index (χ4n) is 3.50. The number of hydrogen-bond donors (Lipinski definition) is 0. The molecule has 2 aliphatic rings. The van der Waals surface area contributed by atoms with Gasteiger partial charge in [-0.05, 0) is 35.9 Å². The van der Waals surface area contributed by atoms with Crippen molar-refractivity contribution in [3.05, 3.63) is 69.4 Å². The van der Waals surface area contributed by atoms with Crippen molar-refractivity contribution < 1.29 is 22.7 Å². The van der Waals surface area contributed by atoms with E-state index in [0.29, 0.717) is 37.8 Å². The Kier molecular flexibility index (Phi) is 6.35. The summed E-state index contributed by atoms with van der Waals surface area (Å²) in [6, 6.07) is 6.23. The van der Waals surface area contributed by atoms with Gasteiger partial charge in [0.15, 0.2) is 0 Å². The van der Waals surface area contributed by atoms with E-state index in [-0.39, 0.29) is 16.7 Å². The number of piperazine rings is 1. The van der Waals surface area contributed by atoms with Gasteiger partial charge in [0, 0.05) is 49.0 Å². The number of nitrogens with zero attached hydrogens (tertiary/aromatic N) is 3. The number of hydrogen-bond acceptors (Lipinski definition) is 4. The maximum atomic E-state index is 12.8. The summed E-state index contributed by atoms with van der Waals surface area (Å²) in [6.07, 6.45) is 1.40. The number of aromatic nitrogens is 1. The summed E-state index contributed by atoms with van der Waals surface area (Å²) in [7, 11) is 0. The molecule has 1 aromatic carbocycles. The third-order valence-electron chi connectivity index (χ3n) is 5.19. The molecule has 1 fully saturated rings. The summed E-state index contributed by atoms with van der Waals surface area (Å²) < 4.78 is 44.1. The smallest absolute Gasteiger partial charge is 0.417 e. The van der Waals surface area contributed by atoms with Crippen LogP contribution in [0, 0.1) is 0 Å². The van der Waals surface area contributed by atoms with Crippen molar-refractivity contribution in [1.29, 1.82) is 0 Å². The minimum absolute atomic E-state index is 0.0656. The van der Waals surface area contributed by atoms with Crippen LogP contribution in [-0.2, 0) is 11.0 Å². The topological polar surface area (TPSA) is 45.7 Å². The van der Waals surface area contributed by atoms with Crippen molar-refractivity contribution in [3.8, 4) is 5.75 Å². The highest BCUT2D eigenvalue weighted by Crippen LogP contribution is 2.34. The highest BCUT2D eigenvalue weighted by Gasteiger charge is 2.32. The Bertz CT molecular complexity index is 1090. The fraction of sp³-hybridized carbons (Fsp3) is 0.273. The molecule has 10 heteroatoms. The van der Waals surface area contributed by atoms with Gasteiger partial charge in [-0.25, -0.2) is 4.98 Å². The third-order valence-corrected chi connectivity index (χ3v) is 5.70. The largest absolute Gasteiger partial charge is 0.488 e. The Hall–Kier alpha value is -2.71. The van der Waals surface area contributed by atoms with E-state index in [1.807, 2.05) is 6.08 Å². The van der Waals surface area contributed by atoms with E-state index in [0.717, 1.165) is 29.1 Å². The Morgan fingerprint density at radius 3 is 2.56 bits per heavy atom. The van der Waals surface area contributed by atoms with Crippen LogP contribution in [-0.4, -0.2) is 48.6 Å². The van der Waals surface area contributed by atoms with Gasteiger partial charge in [0.25, 0.3) is 0 Å². The number of carbonyl (C=O) groups excluding carboxylic acids is 1. The van der Waals surface area contributed by atoms with E-state index >= 15 is 0 Å². The van der Waals surface area contributed by atoms with Gasteiger partial charge >= 0.3 is 6.18 Å². The maximum Gasteiger partial charge on any atom is 0.417 e. The minimum atomic E-state index is -4.50. The number of amides is 1. The number of benzene rings is 1. The zero-order valence-electron chi connectivity index (χ0n) is 16.7. The molecule has 0 bridgehead atoms. The number of pyridine rings is 1. The van der Waals surface area contributed by atoms with Crippen LogP contribution in [0.1, 0.15) is 11.1 Å². The second-order valence-electron chi connectivity index (χ2n) is 7.36. The molecule has 1 saturated heterocycles. The molecule has 0 radical (unpaired) electrons. The van der Waals surface area contributed by atoms with Gasteiger partial charge in [-0.15, -0.1) is 0 Å². The first-order chi connectivity index (χ1) is 15.2. The van der Waals surface area contributed by atoms with Gasteiger partial charge in [-0.2, -0.15) is 13.2 Å². The summed E-state index contributed by atoms with van der Waals surface area (Å²) in [5, 5.41) is 0.537. The lowest BCUT2D eigenvalue weighted by atomic mass is 10.1. The maximum absolute atomic E-state index is 12.8. The zero-order chi connectivity index (χ0) is 22.9. The number of rotatable bonds is 3. The Balaban J connectivity index is 1.36. The third kappa shape index (κ3) is 5.02. The van der Waals surface area contributed by atoms with E-state index in [2.05, 4.69) is 4.98 Å². The first kappa shape index (κ1) is 22.5. The number of alkyl halides is 3. The van der Waals surface area contributed by atoms with Crippen molar-refractivity contribution >= 4 is 41.0 Å². The monoisotopic (exact) mass is 483 g/mol. The van der Waals surface area contributed by atoms with Crippen molar-refractivity contribution in [2.75, 3.05) is 37.7 Å². The Morgan fingerprint density at radius 1 is 1.12 bits per heavy atom. The molecule has 32 heavy (non-hydrogen) atoms. The van der Waals surface area contributed by atoms with Crippen LogP contribution in [0.5, 0.6) is 5.75 Å². The number of anilines is 1. The van der Waals surface area contributed by atoms with Crippen LogP contribution in [0.4, 0.5) is 19.0 Å². The summed E-state index contributed by atoms with van der Waals surface area (Å²) >= 11 is 12.0. The van der Waals surface area contributed by atoms with E-state index in [9.17, 15) is 18.0 Å². The van der Waals surface area contributed by atoms with Gasteiger partial charge in [-0.1, -0.05) is 29.3 Å². The molecule has 2 aromatic rings. The molecule has 2 aliphatic heterocycles.